The van der Waals surface area contributed by atoms with E-state index in [0.717, 1.165) is 88.0 Å². The molecule has 1 saturated heterocycles. The van der Waals surface area contributed by atoms with E-state index in [0.29, 0.717) is 6.42 Å². The molecule has 1 fully saturated rings. The molecule has 2 N–H and O–H groups in total. The van der Waals surface area contributed by atoms with Gasteiger partial charge in [0.25, 0.3) is 0 Å². The number of unbranched alkanes of at least 4 members (excludes halogenated alkanes) is 2. The van der Waals surface area contributed by atoms with Crippen molar-refractivity contribution < 1.29 is 19.5 Å². The second-order valence-electron chi connectivity index (χ2n) is 8.35. The standard InChI is InChI=1S/C23H31N3O4/c27-21(24-29)8-2-1-5-11-26-19-7-4-3-6-18(19)22-20(26)10-9-17(23(22)28)16-25-12-14-30-15-13-25/h3-4,6-7,17,29H,1-2,5,8-16H2,(H,24,27). The van der Waals surface area contributed by atoms with Gasteiger partial charge in [0.05, 0.1) is 13.2 Å². The minimum Gasteiger partial charge on any atom is -0.379 e. The SMILES string of the molecule is O=C(CCCCCn1c2c(c3ccccc31)C(=O)C(CN1CCOCC1)CC2)NO. The zero-order valence-electron chi connectivity index (χ0n) is 17.4. The smallest absolute Gasteiger partial charge is 0.243 e. The van der Waals surface area contributed by atoms with E-state index in [9.17, 15) is 9.59 Å². The van der Waals surface area contributed by atoms with Gasteiger partial charge in [-0.1, -0.05) is 24.6 Å². The number of ketones is 1. The van der Waals surface area contributed by atoms with E-state index < -0.39 is 0 Å². The van der Waals surface area contributed by atoms with Gasteiger partial charge in [-0.05, 0) is 31.7 Å². The number of amides is 1. The van der Waals surface area contributed by atoms with E-state index in [1.807, 2.05) is 12.1 Å². The normalized spacial score (nSPS) is 19.8. The monoisotopic (exact) mass is 413 g/mol. The van der Waals surface area contributed by atoms with Gasteiger partial charge in [-0.3, -0.25) is 19.7 Å². The molecule has 7 heteroatoms. The van der Waals surface area contributed by atoms with Crippen molar-refractivity contribution in [2.24, 2.45) is 5.92 Å². The minimum absolute atomic E-state index is 0.0619. The van der Waals surface area contributed by atoms with Crippen molar-refractivity contribution in [3.8, 4) is 0 Å². The van der Waals surface area contributed by atoms with Crippen molar-refractivity contribution >= 4 is 22.6 Å². The fourth-order valence-corrected chi connectivity index (χ4v) is 4.85. The van der Waals surface area contributed by atoms with Crippen molar-refractivity contribution in [1.29, 1.82) is 0 Å². The summed E-state index contributed by atoms with van der Waals surface area (Å²) in [5, 5.41) is 9.67. The first-order chi connectivity index (χ1) is 14.7. The Morgan fingerprint density at radius 2 is 1.97 bits per heavy atom. The highest BCUT2D eigenvalue weighted by atomic mass is 16.5. The molecule has 2 aromatic rings. The minimum atomic E-state index is -0.337. The predicted octanol–water partition coefficient (Wildman–Crippen LogP) is 2.78. The fraction of sp³-hybridized carbons (Fsp3) is 0.565. The second kappa shape index (κ2) is 9.73. The maximum absolute atomic E-state index is 13.5. The molecule has 30 heavy (non-hydrogen) atoms. The summed E-state index contributed by atoms with van der Waals surface area (Å²) in [5.41, 5.74) is 4.92. The predicted molar refractivity (Wildman–Crippen MR) is 114 cm³/mol. The lowest BCUT2D eigenvalue weighted by atomic mass is 9.84. The van der Waals surface area contributed by atoms with Crippen molar-refractivity contribution in [3.63, 3.8) is 0 Å². The van der Waals surface area contributed by atoms with Crippen LogP contribution >= 0.6 is 0 Å². The Morgan fingerprint density at radius 3 is 2.77 bits per heavy atom. The number of nitrogens with one attached hydrogen (secondary N) is 1. The van der Waals surface area contributed by atoms with Crippen molar-refractivity contribution in [3.05, 3.63) is 35.5 Å². The third-order valence-electron chi connectivity index (χ3n) is 6.42. The number of aromatic nitrogens is 1. The maximum Gasteiger partial charge on any atom is 0.243 e. The van der Waals surface area contributed by atoms with Crippen LogP contribution in [0.3, 0.4) is 0 Å². The molecule has 1 atom stereocenters. The third kappa shape index (κ3) is 4.43. The highest BCUT2D eigenvalue weighted by Gasteiger charge is 2.33. The first-order valence-electron chi connectivity index (χ1n) is 11.1. The largest absolute Gasteiger partial charge is 0.379 e. The summed E-state index contributed by atoms with van der Waals surface area (Å²) < 4.78 is 7.76. The molecule has 7 nitrogen and oxygen atoms in total. The summed E-state index contributed by atoms with van der Waals surface area (Å²) >= 11 is 0. The summed E-state index contributed by atoms with van der Waals surface area (Å²) in [5.74, 6) is 0.0138. The van der Waals surface area contributed by atoms with Crippen LogP contribution in [0.25, 0.3) is 10.9 Å². The molecule has 2 heterocycles. The number of benzene rings is 1. The van der Waals surface area contributed by atoms with Gasteiger partial charge in [0.1, 0.15) is 0 Å². The van der Waals surface area contributed by atoms with Crippen LogP contribution < -0.4 is 5.48 Å². The van der Waals surface area contributed by atoms with Crippen molar-refractivity contribution in [2.75, 3.05) is 32.8 Å². The van der Waals surface area contributed by atoms with Crippen LogP contribution in [0.1, 0.15) is 48.2 Å². The van der Waals surface area contributed by atoms with Crippen LogP contribution in [-0.2, 0) is 22.5 Å². The number of hydroxylamine groups is 1. The van der Waals surface area contributed by atoms with E-state index in [2.05, 4.69) is 21.6 Å². The van der Waals surface area contributed by atoms with Crippen LogP contribution in [-0.4, -0.2) is 59.2 Å². The number of ether oxygens (including phenoxy) is 1. The Kier molecular flexibility index (Phi) is 6.82. The molecule has 1 aromatic carbocycles. The molecule has 0 spiro atoms. The average molecular weight is 414 g/mol. The lowest BCUT2D eigenvalue weighted by Crippen LogP contribution is -2.42. The summed E-state index contributed by atoms with van der Waals surface area (Å²) in [6, 6.07) is 8.23. The molecule has 1 aromatic heterocycles. The lowest BCUT2D eigenvalue weighted by molar-refractivity contribution is -0.129. The Morgan fingerprint density at radius 1 is 1.17 bits per heavy atom. The van der Waals surface area contributed by atoms with Crippen LogP contribution in [0.2, 0.25) is 0 Å². The quantitative estimate of drug-likeness (QED) is 0.395. The Bertz CT molecular complexity index is 901. The van der Waals surface area contributed by atoms with Gasteiger partial charge in [-0.2, -0.15) is 0 Å². The molecule has 0 bridgehead atoms. The van der Waals surface area contributed by atoms with Gasteiger partial charge in [-0.25, -0.2) is 5.48 Å². The summed E-state index contributed by atoms with van der Waals surface area (Å²) in [7, 11) is 0. The number of nitrogens with zero attached hydrogens (tertiary/aromatic N) is 2. The number of Topliss-reactive ketones (excluding diaryl/α,β-unsaturated/α-hetero) is 1. The van der Waals surface area contributed by atoms with Gasteiger partial charge in [0, 0.05) is 60.7 Å². The zero-order valence-corrected chi connectivity index (χ0v) is 17.4. The number of rotatable bonds is 8. The molecule has 1 aliphatic heterocycles. The lowest BCUT2D eigenvalue weighted by Gasteiger charge is -2.31. The van der Waals surface area contributed by atoms with Crippen molar-refractivity contribution in [1.82, 2.24) is 14.9 Å². The van der Waals surface area contributed by atoms with E-state index in [1.165, 1.54) is 5.69 Å². The Balaban J connectivity index is 1.49. The molecule has 1 amide bonds. The first-order valence-corrected chi connectivity index (χ1v) is 11.1. The summed E-state index contributed by atoms with van der Waals surface area (Å²) in [6.45, 7) is 5.00. The number of aryl methyl sites for hydroxylation is 1. The number of morpholine rings is 1. The molecule has 162 valence electrons. The van der Waals surface area contributed by atoms with Crippen molar-refractivity contribution in [2.45, 2.75) is 45.1 Å². The number of hydrogen-bond acceptors (Lipinski definition) is 5. The third-order valence-corrected chi connectivity index (χ3v) is 6.42. The van der Waals surface area contributed by atoms with Crippen LogP contribution in [0.5, 0.6) is 0 Å². The van der Waals surface area contributed by atoms with Crippen LogP contribution in [0, 0.1) is 5.92 Å². The fourth-order valence-electron chi connectivity index (χ4n) is 4.85. The van der Waals surface area contributed by atoms with Gasteiger partial charge >= 0.3 is 0 Å². The molecular formula is C23H31N3O4. The number of fused-ring (bicyclic) bond motifs is 3. The van der Waals surface area contributed by atoms with E-state index >= 15 is 0 Å². The number of hydrogen-bond donors (Lipinski definition) is 2. The second-order valence-corrected chi connectivity index (χ2v) is 8.35. The van der Waals surface area contributed by atoms with Gasteiger partial charge in [0.2, 0.25) is 5.91 Å². The van der Waals surface area contributed by atoms with Crippen LogP contribution in [0.4, 0.5) is 0 Å². The highest BCUT2D eigenvalue weighted by Crippen LogP contribution is 2.35. The molecule has 4 rings (SSSR count). The molecule has 1 unspecified atom stereocenters. The van der Waals surface area contributed by atoms with Crippen LogP contribution in [0.15, 0.2) is 24.3 Å². The van der Waals surface area contributed by atoms with E-state index in [1.54, 1.807) is 5.48 Å². The molecular weight excluding hydrogens is 382 g/mol. The topological polar surface area (TPSA) is 83.8 Å². The Hall–Kier alpha value is -2.22. The number of carbonyl (C=O) groups excluding carboxylic acids is 2. The highest BCUT2D eigenvalue weighted by molar-refractivity contribution is 6.11. The van der Waals surface area contributed by atoms with E-state index in [-0.39, 0.29) is 17.6 Å². The molecule has 0 radical (unpaired) electrons. The molecule has 1 aliphatic carbocycles. The van der Waals surface area contributed by atoms with Gasteiger partial charge in [-0.15, -0.1) is 0 Å². The summed E-state index contributed by atoms with van der Waals surface area (Å²) in [4.78, 5) is 27.0. The van der Waals surface area contributed by atoms with E-state index in [4.69, 9.17) is 9.94 Å². The first kappa shape index (κ1) is 21.0. The average Bonchev–Trinajstić information content (AvgIpc) is 3.10. The summed E-state index contributed by atoms with van der Waals surface area (Å²) in [6.07, 6.45) is 4.75. The zero-order chi connectivity index (χ0) is 20.9. The van der Waals surface area contributed by atoms with Gasteiger partial charge < -0.3 is 9.30 Å². The molecule has 2 aliphatic rings. The maximum atomic E-state index is 13.5. The van der Waals surface area contributed by atoms with Gasteiger partial charge in [0.15, 0.2) is 5.78 Å². The number of para-hydroxylation sites is 1. The number of carbonyl (C=O) groups is 2. The molecule has 0 saturated carbocycles. The Labute approximate surface area is 176 Å².